The Kier molecular flexibility index (Phi) is 8.64. The number of piperidine rings is 1. The molecule has 1 aliphatic rings. The molecule has 1 saturated heterocycles. The van der Waals surface area contributed by atoms with Crippen LogP contribution in [-0.4, -0.2) is 57.5 Å². The number of nitrogens with zero attached hydrogens (tertiary/aromatic N) is 4. The van der Waals surface area contributed by atoms with E-state index in [2.05, 4.69) is 35.1 Å². The standard InChI is InChI=1S/C29H39FN4O2/c1-5-36-29-17-23(8-11-28(29)35)18-34-14-12-24(13-15-34)27(16-22-6-9-26(30)10-7-22)32(3)19-25-20-33(4)31-21(25)2/h6-11,17,20,24,27,35H,5,12-16,18-19H2,1-4H3. The number of likely N-dealkylation sites (tertiary alicyclic amines) is 1. The van der Waals surface area contributed by atoms with Gasteiger partial charge in [0.15, 0.2) is 11.5 Å². The summed E-state index contributed by atoms with van der Waals surface area (Å²) in [7, 11) is 4.17. The Morgan fingerprint density at radius 3 is 2.47 bits per heavy atom. The van der Waals surface area contributed by atoms with Gasteiger partial charge in [-0.1, -0.05) is 18.2 Å². The summed E-state index contributed by atoms with van der Waals surface area (Å²) < 4.78 is 21.0. The van der Waals surface area contributed by atoms with Gasteiger partial charge in [0.1, 0.15) is 5.82 Å². The molecule has 7 heteroatoms. The average Bonchev–Trinajstić information content (AvgIpc) is 3.17. The molecule has 0 amide bonds. The number of likely N-dealkylation sites (N-methyl/N-ethyl adjacent to an activating group) is 1. The number of hydrogen-bond acceptors (Lipinski definition) is 5. The quantitative estimate of drug-likeness (QED) is 0.433. The SMILES string of the molecule is CCOc1cc(CN2CCC(C(Cc3ccc(F)cc3)N(C)Cc3cn(C)nc3C)CC2)ccc1O. The van der Waals surface area contributed by atoms with Crippen LogP contribution in [0.15, 0.2) is 48.7 Å². The summed E-state index contributed by atoms with van der Waals surface area (Å²) in [6.07, 6.45) is 5.23. The molecular formula is C29H39FN4O2. The first kappa shape index (κ1) is 26.2. The lowest BCUT2D eigenvalue weighted by Crippen LogP contribution is -2.45. The summed E-state index contributed by atoms with van der Waals surface area (Å²) in [5, 5.41) is 14.5. The Bertz CT molecular complexity index is 1120. The van der Waals surface area contributed by atoms with Crippen molar-refractivity contribution in [2.45, 2.75) is 52.2 Å². The molecule has 2 aromatic carbocycles. The molecule has 0 bridgehead atoms. The van der Waals surface area contributed by atoms with E-state index in [4.69, 9.17) is 4.74 Å². The van der Waals surface area contributed by atoms with Crippen LogP contribution < -0.4 is 4.74 Å². The van der Waals surface area contributed by atoms with Gasteiger partial charge in [0.2, 0.25) is 0 Å². The number of aromatic hydroxyl groups is 1. The van der Waals surface area contributed by atoms with E-state index in [1.165, 1.54) is 11.1 Å². The van der Waals surface area contributed by atoms with Crippen LogP contribution in [0.1, 0.15) is 42.1 Å². The van der Waals surface area contributed by atoms with E-state index in [-0.39, 0.29) is 11.6 Å². The molecule has 0 saturated carbocycles. The second kappa shape index (κ2) is 11.9. The van der Waals surface area contributed by atoms with Gasteiger partial charge in [-0.05, 0) is 94.6 Å². The van der Waals surface area contributed by atoms with Gasteiger partial charge in [-0.15, -0.1) is 0 Å². The van der Waals surface area contributed by atoms with Crippen molar-refractivity contribution in [1.29, 1.82) is 0 Å². The fraction of sp³-hybridized carbons (Fsp3) is 0.483. The first-order valence-corrected chi connectivity index (χ1v) is 12.9. The van der Waals surface area contributed by atoms with Crippen LogP contribution in [0.5, 0.6) is 11.5 Å². The van der Waals surface area contributed by atoms with Crippen molar-refractivity contribution >= 4 is 0 Å². The van der Waals surface area contributed by atoms with Crippen molar-refractivity contribution in [2.75, 3.05) is 26.7 Å². The van der Waals surface area contributed by atoms with Crippen LogP contribution in [0.2, 0.25) is 0 Å². The van der Waals surface area contributed by atoms with Gasteiger partial charge in [0.05, 0.1) is 12.3 Å². The van der Waals surface area contributed by atoms with Crippen molar-refractivity contribution in [1.82, 2.24) is 19.6 Å². The minimum Gasteiger partial charge on any atom is -0.504 e. The first-order chi connectivity index (χ1) is 17.3. The molecule has 0 radical (unpaired) electrons. The number of aromatic nitrogens is 2. The summed E-state index contributed by atoms with van der Waals surface area (Å²) in [4.78, 5) is 4.95. The predicted octanol–water partition coefficient (Wildman–Crippen LogP) is 4.93. The van der Waals surface area contributed by atoms with Crippen LogP contribution in [0.25, 0.3) is 0 Å². The van der Waals surface area contributed by atoms with Gasteiger partial charge in [-0.3, -0.25) is 14.5 Å². The fourth-order valence-electron chi connectivity index (χ4n) is 5.42. The van der Waals surface area contributed by atoms with E-state index in [9.17, 15) is 9.50 Å². The van der Waals surface area contributed by atoms with E-state index in [1.807, 2.05) is 42.9 Å². The Hall–Kier alpha value is -2.90. The third-order valence-corrected chi connectivity index (χ3v) is 7.37. The molecule has 3 aromatic rings. The van der Waals surface area contributed by atoms with E-state index < -0.39 is 0 Å². The van der Waals surface area contributed by atoms with E-state index in [1.54, 1.807) is 18.2 Å². The topological polar surface area (TPSA) is 53.8 Å². The molecule has 1 atom stereocenters. The zero-order valence-electron chi connectivity index (χ0n) is 22.0. The number of halogens is 1. The summed E-state index contributed by atoms with van der Waals surface area (Å²) in [5.41, 5.74) is 4.65. The highest BCUT2D eigenvalue weighted by molar-refractivity contribution is 5.41. The number of hydrogen-bond donors (Lipinski definition) is 1. The van der Waals surface area contributed by atoms with Crippen molar-refractivity contribution < 1.29 is 14.2 Å². The largest absolute Gasteiger partial charge is 0.504 e. The van der Waals surface area contributed by atoms with Gasteiger partial charge < -0.3 is 9.84 Å². The zero-order chi connectivity index (χ0) is 25.7. The smallest absolute Gasteiger partial charge is 0.161 e. The number of ether oxygens (including phenoxy) is 1. The molecule has 1 aromatic heterocycles. The molecule has 4 rings (SSSR count). The highest BCUT2D eigenvalue weighted by atomic mass is 19.1. The lowest BCUT2D eigenvalue weighted by molar-refractivity contribution is 0.0952. The van der Waals surface area contributed by atoms with Crippen molar-refractivity contribution in [2.24, 2.45) is 13.0 Å². The third kappa shape index (κ3) is 6.65. The van der Waals surface area contributed by atoms with Gasteiger partial charge in [-0.25, -0.2) is 4.39 Å². The van der Waals surface area contributed by atoms with Crippen molar-refractivity contribution in [3.63, 3.8) is 0 Å². The Balaban J connectivity index is 1.43. The normalized spacial score (nSPS) is 15.9. The van der Waals surface area contributed by atoms with Crippen LogP contribution in [0.4, 0.5) is 4.39 Å². The molecule has 1 N–H and O–H groups in total. The molecule has 6 nitrogen and oxygen atoms in total. The maximum atomic E-state index is 13.5. The zero-order valence-corrected chi connectivity index (χ0v) is 22.0. The highest BCUT2D eigenvalue weighted by Crippen LogP contribution is 2.30. The Morgan fingerprint density at radius 2 is 1.83 bits per heavy atom. The van der Waals surface area contributed by atoms with Crippen LogP contribution >= 0.6 is 0 Å². The van der Waals surface area contributed by atoms with Gasteiger partial charge in [-0.2, -0.15) is 5.10 Å². The van der Waals surface area contributed by atoms with Crippen LogP contribution in [0, 0.1) is 18.7 Å². The Labute approximate surface area is 214 Å². The average molecular weight is 495 g/mol. The molecular weight excluding hydrogens is 455 g/mol. The molecule has 1 fully saturated rings. The number of rotatable bonds is 10. The third-order valence-electron chi connectivity index (χ3n) is 7.37. The predicted molar refractivity (Wildman–Crippen MR) is 141 cm³/mol. The monoisotopic (exact) mass is 494 g/mol. The minimum absolute atomic E-state index is 0.190. The molecule has 194 valence electrons. The number of aryl methyl sites for hydroxylation is 2. The second-order valence-corrected chi connectivity index (χ2v) is 10.1. The minimum atomic E-state index is -0.190. The van der Waals surface area contributed by atoms with Crippen LogP contribution in [-0.2, 0) is 26.6 Å². The first-order valence-electron chi connectivity index (χ1n) is 12.9. The lowest BCUT2D eigenvalue weighted by Gasteiger charge is -2.40. The van der Waals surface area contributed by atoms with Crippen LogP contribution in [0.3, 0.4) is 0 Å². The Morgan fingerprint density at radius 1 is 1.14 bits per heavy atom. The summed E-state index contributed by atoms with van der Waals surface area (Å²) >= 11 is 0. The number of benzene rings is 2. The van der Waals surface area contributed by atoms with E-state index >= 15 is 0 Å². The van der Waals surface area contributed by atoms with Gasteiger partial charge in [0, 0.05) is 37.9 Å². The van der Waals surface area contributed by atoms with E-state index in [0.717, 1.165) is 56.7 Å². The highest BCUT2D eigenvalue weighted by Gasteiger charge is 2.30. The van der Waals surface area contributed by atoms with E-state index in [0.29, 0.717) is 24.3 Å². The molecule has 2 heterocycles. The number of phenolic OH excluding ortho intramolecular Hbond substituents is 1. The maximum Gasteiger partial charge on any atom is 0.161 e. The van der Waals surface area contributed by atoms with Crippen molar-refractivity contribution in [3.05, 3.63) is 76.9 Å². The fourth-order valence-corrected chi connectivity index (χ4v) is 5.42. The molecule has 36 heavy (non-hydrogen) atoms. The molecule has 1 aliphatic heterocycles. The van der Waals surface area contributed by atoms with Crippen molar-refractivity contribution in [3.8, 4) is 11.5 Å². The summed E-state index contributed by atoms with van der Waals surface area (Å²) in [6, 6.07) is 13.0. The summed E-state index contributed by atoms with van der Waals surface area (Å²) in [5.74, 6) is 1.10. The molecule has 0 aliphatic carbocycles. The molecule has 0 spiro atoms. The molecule has 1 unspecified atom stereocenters. The number of phenols is 1. The van der Waals surface area contributed by atoms with Gasteiger partial charge in [0.25, 0.3) is 0 Å². The maximum absolute atomic E-state index is 13.5. The second-order valence-electron chi connectivity index (χ2n) is 10.1. The summed E-state index contributed by atoms with van der Waals surface area (Å²) in [6.45, 7) is 8.26. The van der Waals surface area contributed by atoms with Gasteiger partial charge >= 0.3 is 0 Å². The lowest BCUT2D eigenvalue weighted by atomic mass is 9.84.